The molecule has 3 aliphatic heterocycles. The van der Waals surface area contributed by atoms with Crippen molar-refractivity contribution in [3.05, 3.63) is 11.6 Å². The summed E-state index contributed by atoms with van der Waals surface area (Å²) in [6.07, 6.45) is 6.21. The number of hydrogen-bond donors (Lipinski definition) is 1. The standard InChI is InChI=1S/C22H24N4O2/c1-19(2)13-6-7-14(15(19)9-13)17-21(12-25)18(26)28-22(27-17)8-4-3-5-16(22)20(21,10-23)11-24/h7,13,15-17,26H,3-6,8-9H2,1-2H3/t13-,15+,16-,17+,21+,22+/m0/s1. The van der Waals surface area contributed by atoms with E-state index in [4.69, 9.17) is 14.9 Å². The van der Waals surface area contributed by atoms with E-state index in [0.717, 1.165) is 31.3 Å². The van der Waals surface area contributed by atoms with E-state index in [0.29, 0.717) is 18.8 Å². The zero-order valence-corrected chi connectivity index (χ0v) is 16.3. The zero-order valence-electron chi connectivity index (χ0n) is 16.3. The smallest absolute Gasteiger partial charge is 0.218 e. The van der Waals surface area contributed by atoms with Gasteiger partial charge in [-0.3, -0.25) is 5.41 Å². The second-order valence-corrected chi connectivity index (χ2v) is 9.74. The van der Waals surface area contributed by atoms with Crippen LogP contribution in [0.25, 0.3) is 0 Å². The van der Waals surface area contributed by atoms with Gasteiger partial charge in [-0.2, -0.15) is 15.8 Å². The van der Waals surface area contributed by atoms with Crippen molar-refractivity contribution in [2.75, 3.05) is 0 Å². The molecule has 6 heteroatoms. The van der Waals surface area contributed by atoms with Crippen molar-refractivity contribution >= 4 is 5.90 Å². The zero-order chi connectivity index (χ0) is 19.9. The highest BCUT2D eigenvalue weighted by molar-refractivity contribution is 5.89. The molecule has 2 saturated carbocycles. The van der Waals surface area contributed by atoms with Crippen LogP contribution in [0.4, 0.5) is 0 Å². The van der Waals surface area contributed by atoms with Crippen molar-refractivity contribution < 1.29 is 9.47 Å². The van der Waals surface area contributed by atoms with Crippen molar-refractivity contribution in [2.24, 2.45) is 34.0 Å². The number of hydrogen-bond acceptors (Lipinski definition) is 6. The van der Waals surface area contributed by atoms with Crippen LogP contribution in [0.15, 0.2) is 11.6 Å². The van der Waals surface area contributed by atoms with Gasteiger partial charge in [-0.1, -0.05) is 26.3 Å². The first kappa shape index (κ1) is 17.7. The predicted molar refractivity (Wildman–Crippen MR) is 98.2 cm³/mol. The molecule has 0 aromatic heterocycles. The first-order valence-electron chi connectivity index (χ1n) is 10.2. The van der Waals surface area contributed by atoms with Crippen LogP contribution in [-0.4, -0.2) is 17.8 Å². The fraction of sp³-hybridized carbons (Fsp3) is 0.727. The molecule has 0 aromatic carbocycles. The first-order chi connectivity index (χ1) is 13.3. The van der Waals surface area contributed by atoms with Crippen molar-refractivity contribution in [2.45, 2.75) is 64.3 Å². The minimum absolute atomic E-state index is 0.107. The van der Waals surface area contributed by atoms with E-state index in [1.807, 2.05) is 0 Å². The van der Waals surface area contributed by atoms with E-state index in [9.17, 15) is 15.8 Å². The third kappa shape index (κ3) is 1.61. The van der Waals surface area contributed by atoms with Gasteiger partial charge in [-0.15, -0.1) is 0 Å². The molecular formula is C22H24N4O2. The van der Waals surface area contributed by atoms with Gasteiger partial charge in [0.05, 0.1) is 24.1 Å². The molecule has 7 aliphatic rings. The molecule has 0 aromatic rings. The van der Waals surface area contributed by atoms with Gasteiger partial charge in [-0.05, 0) is 48.5 Å². The summed E-state index contributed by atoms with van der Waals surface area (Å²) in [5.74, 6) is -1.04. The second-order valence-electron chi connectivity index (χ2n) is 9.74. The lowest BCUT2D eigenvalue weighted by Crippen LogP contribution is -2.76. The molecule has 144 valence electrons. The maximum Gasteiger partial charge on any atom is 0.218 e. The summed E-state index contributed by atoms with van der Waals surface area (Å²) >= 11 is 0. The van der Waals surface area contributed by atoms with Gasteiger partial charge in [0.2, 0.25) is 11.7 Å². The summed E-state index contributed by atoms with van der Waals surface area (Å²) < 4.78 is 12.5. The van der Waals surface area contributed by atoms with Gasteiger partial charge < -0.3 is 9.47 Å². The molecule has 0 radical (unpaired) electrons. The van der Waals surface area contributed by atoms with Gasteiger partial charge >= 0.3 is 0 Å². The number of nitriles is 3. The Morgan fingerprint density at radius 2 is 1.89 bits per heavy atom. The largest absolute Gasteiger partial charge is 0.447 e. The Bertz CT molecular complexity index is 918. The number of fused-ring (bicyclic) bond motifs is 4. The Kier molecular flexibility index (Phi) is 3.27. The highest BCUT2D eigenvalue weighted by atomic mass is 16.7. The monoisotopic (exact) mass is 376 g/mol. The van der Waals surface area contributed by atoms with Gasteiger partial charge in [0.15, 0.2) is 10.8 Å². The molecule has 1 spiro atoms. The maximum atomic E-state index is 10.4. The van der Waals surface area contributed by atoms with E-state index in [1.165, 1.54) is 0 Å². The summed E-state index contributed by atoms with van der Waals surface area (Å²) in [4.78, 5) is 0. The lowest BCUT2D eigenvalue weighted by molar-refractivity contribution is -0.352. The Morgan fingerprint density at radius 3 is 2.50 bits per heavy atom. The molecule has 7 rings (SSSR count). The summed E-state index contributed by atoms with van der Waals surface area (Å²) in [6, 6.07) is 6.67. The molecule has 3 saturated heterocycles. The highest BCUT2D eigenvalue weighted by Gasteiger charge is 2.81. The van der Waals surface area contributed by atoms with E-state index >= 15 is 0 Å². The summed E-state index contributed by atoms with van der Waals surface area (Å²) in [6.45, 7) is 4.48. The minimum atomic E-state index is -1.72. The van der Waals surface area contributed by atoms with E-state index in [1.54, 1.807) is 0 Å². The van der Waals surface area contributed by atoms with Crippen LogP contribution in [0, 0.1) is 73.4 Å². The number of nitrogens with zero attached hydrogens (tertiary/aromatic N) is 3. The molecule has 28 heavy (non-hydrogen) atoms. The molecule has 1 N–H and O–H groups in total. The maximum absolute atomic E-state index is 10.4. The average Bonchev–Trinajstić information content (AvgIpc) is 2.71. The number of rotatable bonds is 1. The Balaban J connectivity index is 1.74. The molecule has 0 unspecified atom stereocenters. The van der Waals surface area contributed by atoms with Crippen molar-refractivity contribution in [3.63, 3.8) is 0 Å². The van der Waals surface area contributed by atoms with Crippen LogP contribution < -0.4 is 0 Å². The molecule has 0 amide bonds. The van der Waals surface area contributed by atoms with Crippen LogP contribution in [0.1, 0.15) is 52.4 Å². The van der Waals surface area contributed by atoms with E-state index < -0.39 is 28.6 Å². The lowest BCUT2D eigenvalue weighted by Gasteiger charge is -2.66. The molecule has 5 fully saturated rings. The van der Waals surface area contributed by atoms with Crippen LogP contribution >= 0.6 is 0 Å². The summed E-state index contributed by atoms with van der Waals surface area (Å²) in [7, 11) is 0. The number of allylic oxidation sites excluding steroid dienone is 1. The Morgan fingerprint density at radius 1 is 1.14 bits per heavy atom. The predicted octanol–water partition coefficient (Wildman–Crippen LogP) is 3.82. The third-order valence-corrected chi connectivity index (χ3v) is 8.63. The summed E-state index contributed by atoms with van der Waals surface area (Å²) in [5.41, 5.74) is -2.24. The van der Waals surface area contributed by atoms with Gasteiger partial charge in [-0.25, -0.2) is 0 Å². The van der Waals surface area contributed by atoms with Crippen molar-refractivity contribution in [3.8, 4) is 18.2 Å². The quantitative estimate of drug-likeness (QED) is 0.699. The highest BCUT2D eigenvalue weighted by Crippen LogP contribution is 2.69. The number of ether oxygens (including phenoxy) is 2. The summed E-state index contributed by atoms with van der Waals surface area (Å²) in [5, 5.41) is 39.6. The molecule has 6 atom stereocenters. The van der Waals surface area contributed by atoms with Gasteiger partial charge in [0, 0.05) is 6.42 Å². The Labute approximate surface area is 165 Å². The van der Waals surface area contributed by atoms with Crippen LogP contribution in [-0.2, 0) is 9.47 Å². The normalized spacial score (nSPS) is 46.5. The van der Waals surface area contributed by atoms with E-state index in [2.05, 4.69) is 38.1 Å². The molecule has 4 aliphatic carbocycles. The third-order valence-electron chi connectivity index (χ3n) is 8.63. The fourth-order valence-electron chi connectivity index (χ4n) is 6.83. The average molecular weight is 376 g/mol. The fourth-order valence-corrected chi connectivity index (χ4v) is 6.83. The minimum Gasteiger partial charge on any atom is -0.447 e. The molecule has 4 bridgehead atoms. The SMILES string of the molecule is CC1(C)[C@H]2CC=C([C@H]3O[C@@]45CCCC[C@H]4C(C#N)(C#N)[C@@]3(C#N)C(=N)O5)[C@H]1C2. The topological polar surface area (TPSA) is 114 Å². The molecule has 3 heterocycles. The van der Waals surface area contributed by atoms with Crippen molar-refractivity contribution in [1.29, 1.82) is 21.2 Å². The molecular weight excluding hydrogens is 352 g/mol. The van der Waals surface area contributed by atoms with Gasteiger partial charge in [0.1, 0.15) is 6.10 Å². The van der Waals surface area contributed by atoms with E-state index in [-0.39, 0.29) is 17.2 Å². The molecule has 6 nitrogen and oxygen atoms in total. The van der Waals surface area contributed by atoms with Gasteiger partial charge in [0.25, 0.3) is 0 Å². The first-order valence-corrected chi connectivity index (χ1v) is 10.2. The van der Waals surface area contributed by atoms with Crippen molar-refractivity contribution in [1.82, 2.24) is 0 Å². The Hall–Kier alpha value is -2.36. The van der Waals surface area contributed by atoms with Crippen LogP contribution in [0.2, 0.25) is 0 Å². The van der Waals surface area contributed by atoms with Crippen LogP contribution in [0.3, 0.4) is 0 Å². The second kappa shape index (κ2) is 5.16. The number of nitrogens with one attached hydrogen (secondary N) is 1. The lowest BCUT2D eigenvalue weighted by atomic mass is 9.43. The van der Waals surface area contributed by atoms with Crippen LogP contribution in [0.5, 0.6) is 0 Å².